The SMILES string of the molecule is Cc1ccccc1C(=O)Nc1ccc(S(=O)(=O)N[C@H](C)C2CCN(C)CC2)cc1Cl.Cl. The molecule has 0 radical (unpaired) electrons. The van der Waals surface area contributed by atoms with Gasteiger partial charge in [0.25, 0.3) is 5.91 Å². The fraction of sp³-hybridized carbons (Fsp3) is 0.409. The highest BCUT2D eigenvalue weighted by Gasteiger charge is 2.27. The van der Waals surface area contributed by atoms with Gasteiger partial charge in [-0.15, -0.1) is 12.4 Å². The van der Waals surface area contributed by atoms with E-state index in [0.717, 1.165) is 31.5 Å². The molecule has 0 unspecified atom stereocenters. The molecule has 1 heterocycles. The van der Waals surface area contributed by atoms with E-state index >= 15 is 0 Å². The Bertz CT molecular complexity index is 1020. The Morgan fingerprint density at radius 3 is 2.42 bits per heavy atom. The molecule has 2 aromatic rings. The van der Waals surface area contributed by atoms with Crippen molar-refractivity contribution in [2.24, 2.45) is 5.92 Å². The molecule has 0 aromatic heterocycles. The number of nitrogens with one attached hydrogen (secondary N) is 2. The van der Waals surface area contributed by atoms with Crippen LogP contribution in [0.25, 0.3) is 0 Å². The number of nitrogens with zero attached hydrogens (tertiary/aromatic N) is 1. The molecule has 1 atom stereocenters. The molecule has 31 heavy (non-hydrogen) atoms. The van der Waals surface area contributed by atoms with Crippen molar-refractivity contribution in [2.45, 2.75) is 37.6 Å². The number of piperidine rings is 1. The Morgan fingerprint density at radius 2 is 1.81 bits per heavy atom. The van der Waals surface area contributed by atoms with Crippen molar-refractivity contribution in [3.8, 4) is 0 Å². The van der Waals surface area contributed by atoms with Crippen molar-refractivity contribution < 1.29 is 13.2 Å². The van der Waals surface area contributed by atoms with Gasteiger partial charge >= 0.3 is 0 Å². The molecular formula is C22H29Cl2N3O3S. The normalized spacial score (nSPS) is 16.4. The third-order valence-electron chi connectivity index (χ3n) is 5.70. The lowest BCUT2D eigenvalue weighted by atomic mass is 9.91. The number of hydrogen-bond acceptors (Lipinski definition) is 4. The van der Waals surface area contributed by atoms with Gasteiger partial charge in [-0.1, -0.05) is 29.8 Å². The first-order chi connectivity index (χ1) is 14.2. The van der Waals surface area contributed by atoms with Crippen LogP contribution >= 0.6 is 24.0 Å². The van der Waals surface area contributed by atoms with E-state index in [1.807, 2.05) is 26.0 Å². The minimum atomic E-state index is -3.71. The number of anilines is 1. The number of amides is 1. The minimum absolute atomic E-state index is 0. The lowest BCUT2D eigenvalue weighted by Gasteiger charge is -2.32. The number of carbonyl (C=O) groups is 1. The molecule has 1 saturated heterocycles. The van der Waals surface area contributed by atoms with Gasteiger partial charge < -0.3 is 10.2 Å². The van der Waals surface area contributed by atoms with Gasteiger partial charge in [-0.05, 0) is 82.6 Å². The van der Waals surface area contributed by atoms with Gasteiger partial charge in [0.05, 0.1) is 15.6 Å². The highest BCUT2D eigenvalue weighted by Crippen LogP contribution is 2.27. The highest BCUT2D eigenvalue weighted by atomic mass is 35.5. The van der Waals surface area contributed by atoms with Crippen molar-refractivity contribution in [2.75, 3.05) is 25.5 Å². The summed E-state index contributed by atoms with van der Waals surface area (Å²) in [4.78, 5) is 14.8. The third kappa shape index (κ3) is 6.43. The number of carbonyl (C=O) groups excluding carboxylic acids is 1. The van der Waals surface area contributed by atoms with Gasteiger partial charge in [-0.25, -0.2) is 13.1 Å². The number of likely N-dealkylation sites (tertiary alicyclic amines) is 1. The van der Waals surface area contributed by atoms with Crippen LogP contribution in [0, 0.1) is 12.8 Å². The first kappa shape index (κ1) is 25.6. The molecule has 0 saturated carbocycles. The Kier molecular flexibility index (Phi) is 8.92. The molecule has 1 amide bonds. The number of aryl methyl sites for hydroxylation is 1. The van der Waals surface area contributed by atoms with Crippen LogP contribution in [0.1, 0.15) is 35.7 Å². The van der Waals surface area contributed by atoms with E-state index in [9.17, 15) is 13.2 Å². The maximum atomic E-state index is 12.8. The summed E-state index contributed by atoms with van der Waals surface area (Å²) in [6.45, 7) is 5.70. The van der Waals surface area contributed by atoms with Gasteiger partial charge in [0.15, 0.2) is 0 Å². The minimum Gasteiger partial charge on any atom is -0.321 e. The first-order valence-corrected chi connectivity index (χ1v) is 11.9. The number of benzene rings is 2. The van der Waals surface area contributed by atoms with Crippen molar-refractivity contribution in [1.29, 1.82) is 0 Å². The van der Waals surface area contributed by atoms with E-state index in [4.69, 9.17) is 11.6 Å². The molecule has 6 nitrogen and oxygen atoms in total. The van der Waals surface area contributed by atoms with E-state index in [1.54, 1.807) is 12.1 Å². The molecule has 3 rings (SSSR count). The van der Waals surface area contributed by atoms with Crippen molar-refractivity contribution in [3.63, 3.8) is 0 Å². The summed E-state index contributed by atoms with van der Waals surface area (Å²) in [5.41, 5.74) is 1.75. The van der Waals surface area contributed by atoms with Crippen molar-refractivity contribution in [1.82, 2.24) is 9.62 Å². The Morgan fingerprint density at radius 1 is 1.16 bits per heavy atom. The van der Waals surface area contributed by atoms with Gasteiger partial charge in [0.2, 0.25) is 10.0 Å². The molecule has 1 aliphatic heterocycles. The number of hydrogen-bond donors (Lipinski definition) is 2. The maximum Gasteiger partial charge on any atom is 0.255 e. The van der Waals surface area contributed by atoms with Crippen molar-refractivity contribution in [3.05, 3.63) is 58.6 Å². The zero-order valence-corrected chi connectivity index (χ0v) is 20.3. The van der Waals surface area contributed by atoms with Crippen LogP contribution in [0.4, 0.5) is 5.69 Å². The maximum absolute atomic E-state index is 12.8. The van der Waals surface area contributed by atoms with Crippen LogP contribution in [-0.2, 0) is 10.0 Å². The number of rotatable bonds is 6. The molecule has 2 N–H and O–H groups in total. The number of halogens is 2. The Balaban J connectivity index is 0.00000341. The van der Waals surface area contributed by atoms with Gasteiger partial charge in [0.1, 0.15) is 0 Å². The predicted octanol–water partition coefficient (Wildman–Crippen LogP) is 4.33. The van der Waals surface area contributed by atoms with Crippen LogP contribution in [0.3, 0.4) is 0 Å². The van der Waals surface area contributed by atoms with E-state index in [1.165, 1.54) is 18.2 Å². The topological polar surface area (TPSA) is 78.5 Å². The Hall–Kier alpha value is -1.64. The zero-order chi connectivity index (χ0) is 21.9. The first-order valence-electron chi connectivity index (χ1n) is 10.0. The predicted molar refractivity (Wildman–Crippen MR) is 128 cm³/mol. The molecule has 0 spiro atoms. The van der Waals surface area contributed by atoms with Crippen LogP contribution in [0.15, 0.2) is 47.4 Å². The average molecular weight is 486 g/mol. The molecule has 170 valence electrons. The summed E-state index contributed by atoms with van der Waals surface area (Å²) in [7, 11) is -1.63. The van der Waals surface area contributed by atoms with Crippen LogP contribution < -0.4 is 10.0 Å². The lowest BCUT2D eigenvalue weighted by Crippen LogP contribution is -2.42. The molecular weight excluding hydrogens is 457 g/mol. The summed E-state index contributed by atoms with van der Waals surface area (Å²) in [6, 6.07) is 11.4. The van der Waals surface area contributed by atoms with Gasteiger partial charge in [0, 0.05) is 11.6 Å². The fourth-order valence-electron chi connectivity index (χ4n) is 3.72. The smallest absolute Gasteiger partial charge is 0.255 e. The summed E-state index contributed by atoms with van der Waals surface area (Å²) in [5, 5.41) is 2.92. The highest BCUT2D eigenvalue weighted by molar-refractivity contribution is 7.89. The average Bonchev–Trinajstić information content (AvgIpc) is 2.69. The largest absolute Gasteiger partial charge is 0.321 e. The third-order valence-corrected chi connectivity index (χ3v) is 7.57. The second-order valence-corrected chi connectivity index (χ2v) is 10.1. The fourth-order valence-corrected chi connectivity index (χ4v) is 5.35. The lowest BCUT2D eigenvalue weighted by molar-refractivity contribution is 0.102. The zero-order valence-electron chi connectivity index (χ0n) is 17.9. The second kappa shape index (κ2) is 10.8. The van der Waals surface area contributed by atoms with Crippen LogP contribution in [-0.4, -0.2) is 45.4 Å². The summed E-state index contributed by atoms with van der Waals surface area (Å²) in [6.07, 6.45) is 1.93. The summed E-state index contributed by atoms with van der Waals surface area (Å²) < 4.78 is 28.5. The summed E-state index contributed by atoms with van der Waals surface area (Å²) in [5.74, 6) is 0.0127. The molecule has 2 aromatic carbocycles. The molecule has 0 bridgehead atoms. The molecule has 1 fully saturated rings. The Labute approximate surface area is 195 Å². The van der Waals surface area contributed by atoms with E-state index in [-0.39, 0.29) is 34.3 Å². The summed E-state index contributed by atoms with van der Waals surface area (Å²) >= 11 is 6.30. The monoisotopic (exact) mass is 485 g/mol. The van der Waals surface area contributed by atoms with Gasteiger partial charge in [-0.3, -0.25) is 4.79 Å². The number of sulfonamides is 1. The molecule has 9 heteroatoms. The molecule has 0 aliphatic carbocycles. The van der Waals surface area contributed by atoms with Crippen LogP contribution in [0.2, 0.25) is 5.02 Å². The quantitative estimate of drug-likeness (QED) is 0.637. The molecule has 1 aliphatic rings. The van der Waals surface area contributed by atoms with E-state index in [0.29, 0.717) is 17.2 Å². The van der Waals surface area contributed by atoms with E-state index in [2.05, 4.69) is 22.0 Å². The van der Waals surface area contributed by atoms with Crippen LogP contribution in [0.5, 0.6) is 0 Å². The standard InChI is InChI=1S/C22H28ClN3O3S.ClH/c1-15-6-4-5-7-19(15)22(27)24-21-9-8-18(14-20(21)23)30(28,29)25-16(2)17-10-12-26(3)13-11-17;/h4-9,14,16-17,25H,10-13H2,1-3H3,(H,24,27);1H/t16-;/m1./s1. The second-order valence-electron chi connectivity index (χ2n) is 7.96. The van der Waals surface area contributed by atoms with Crippen molar-refractivity contribution >= 4 is 45.6 Å². The van der Waals surface area contributed by atoms with E-state index < -0.39 is 10.0 Å². The van der Waals surface area contributed by atoms with Gasteiger partial charge in [-0.2, -0.15) is 0 Å².